The van der Waals surface area contributed by atoms with Crippen LogP contribution >= 0.6 is 8.03 Å². The molecule has 2 aromatic carbocycles. The van der Waals surface area contributed by atoms with E-state index < -0.39 is 14.1 Å². The Bertz CT molecular complexity index is 526. The summed E-state index contributed by atoms with van der Waals surface area (Å²) < 4.78 is 5.83. The van der Waals surface area contributed by atoms with Crippen LogP contribution < -0.4 is 10.6 Å². The summed E-state index contributed by atoms with van der Waals surface area (Å²) in [6.07, 6.45) is -0.533. The van der Waals surface area contributed by atoms with Crippen molar-refractivity contribution in [3.63, 3.8) is 0 Å². The third-order valence-corrected chi connectivity index (χ3v) is 4.94. The molecule has 0 aliphatic rings. The molecule has 0 fully saturated rings. The first-order chi connectivity index (χ1) is 10.2. The second-order valence-corrected chi connectivity index (χ2v) is 6.72. The molecule has 0 saturated carbocycles. The Hall–Kier alpha value is -1.19. The van der Waals surface area contributed by atoms with Crippen LogP contribution in [0.1, 0.15) is 18.6 Å². The van der Waals surface area contributed by atoms with Crippen LogP contribution in [0.15, 0.2) is 60.7 Å². The first kappa shape index (κ1) is 16.2. The highest BCUT2D eigenvalue weighted by molar-refractivity contribution is 7.84. The highest BCUT2D eigenvalue weighted by atomic mass is 31.1. The summed E-state index contributed by atoms with van der Waals surface area (Å²) in [4.78, 5) is 0. The molecule has 0 heterocycles. The lowest BCUT2D eigenvalue weighted by molar-refractivity contribution is 0.123. The number of nitrogens with one attached hydrogen (secondary N) is 1. The maximum Gasteiger partial charge on any atom is 0.174 e. The van der Waals surface area contributed by atoms with E-state index in [1.165, 1.54) is 5.30 Å². The van der Waals surface area contributed by atoms with Crippen LogP contribution in [-0.4, -0.2) is 25.4 Å². The van der Waals surface area contributed by atoms with Crippen molar-refractivity contribution in [2.45, 2.75) is 19.1 Å². The van der Waals surface area contributed by atoms with Crippen molar-refractivity contribution in [1.29, 1.82) is 0 Å². The fourth-order valence-electron chi connectivity index (χ4n) is 2.03. The lowest BCUT2D eigenvalue weighted by Gasteiger charge is -2.22. The van der Waals surface area contributed by atoms with Gasteiger partial charge in [-0.05, 0) is 17.8 Å². The smallest absolute Gasteiger partial charge is 0.174 e. The highest BCUT2D eigenvalue weighted by Gasteiger charge is 2.15. The molecule has 0 aliphatic heterocycles. The number of hydrogen-bond acceptors (Lipinski definition) is 3. The summed E-state index contributed by atoms with van der Waals surface area (Å²) in [5.74, 6) is 0. The van der Waals surface area contributed by atoms with Gasteiger partial charge in [0.1, 0.15) is 6.73 Å². The topological polar surface area (TPSA) is 41.5 Å². The number of hydrogen-bond donors (Lipinski definition) is 2. The standard InChI is InChI=1S/C16H21BNO2P/c1-13(16(19)14-8-4-2-5-9-14)18-12-20-21(17)15-10-6-3-7-11-15/h2-11,13,16,18-19H,12,17H2,1H3/t13-,16-,21?/m1/s1. The molecule has 0 saturated heterocycles. The monoisotopic (exact) mass is 301 g/mol. The molecule has 0 aromatic heterocycles. The molecule has 3 nitrogen and oxygen atoms in total. The molecule has 1 unspecified atom stereocenters. The van der Waals surface area contributed by atoms with E-state index in [2.05, 4.69) is 25.0 Å². The molecule has 0 amide bonds. The average molecular weight is 301 g/mol. The van der Waals surface area contributed by atoms with Crippen LogP contribution in [0.2, 0.25) is 0 Å². The van der Waals surface area contributed by atoms with Gasteiger partial charge >= 0.3 is 0 Å². The van der Waals surface area contributed by atoms with Crippen molar-refractivity contribution in [3.05, 3.63) is 66.2 Å². The quantitative estimate of drug-likeness (QED) is 0.466. The molecule has 2 aromatic rings. The van der Waals surface area contributed by atoms with E-state index in [0.29, 0.717) is 6.73 Å². The lowest BCUT2D eigenvalue weighted by atomic mass is 10.0. The van der Waals surface area contributed by atoms with E-state index in [-0.39, 0.29) is 6.04 Å². The Labute approximate surface area is 128 Å². The molecule has 3 atom stereocenters. The van der Waals surface area contributed by atoms with Gasteiger partial charge in [-0.25, -0.2) is 0 Å². The van der Waals surface area contributed by atoms with Gasteiger partial charge in [0.25, 0.3) is 0 Å². The first-order valence-corrected chi connectivity index (χ1v) is 8.77. The van der Waals surface area contributed by atoms with Crippen LogP contribution in [0.25, 0.3) is 0 Å². The predicted octanol–water partition coefficient (Wildman–Crippen LogP) is 1.94. The van der Waals surface area contributed by atoms with E-state index >= 15 is 0 Å². The fraction of sp³-hybridized carbons (Fsp3) is 0.250. The minimum absolute atomic E-state index is 0.0634. The molecule has 0 spiro atoms. The molecule has 2 N–H and O–H groups in total. The zero-order valence-electron chi connectivity index (χ0n) is 12.4. The van der Waals surface area contributed by atoms with Crippen LogP contribution in [0.3, 0.4) is 0 Å². The van der Waals surface area contributed by atoms with E-state index in [1.807, 2.05) is 55.5 Å². The minimum Gasteiger partial charge on any atom is -0.387 e. The maximum absolute atomic E-state index is 10.3. The normalized spacial score (nSPS) is 15.3. The lowest BCUT2D eigenvalue weighted by Crippen LogP contribution is -2.33. The van der Waals surface area contributed by atoms with Crippen molar-refractivity contribution < 1.29 is 9.63 Å². The van der Waals surface area contributed by atoms with Gasteiger partial charge in [-0.3, -0.25) is 5.32 Å². The average Bonchev–Trinajstić information content (AvgIpc) is 2.55. The largest absolute Gasteiger partial charge is 0.387 e. The Balaban J connectivity index is 1.78. The zero-order valence-corrected chi connectivity index (χ0v) is 13.3. The molecule has 2 rings (SSSR count). The SMILES string of the molecule is BP(OCN[C@H](C)[C@@H](O)c1ccccc1)c1ccccc1. The van der Waals surface area contributed by atoms with Gasteiger partial charge in [0, 0.05) is 14.1 Å². The van der Waals surface area contributed by atoms with Crippen LogP contribution in [-0.2, 0) is 4.52 Å². The van der Waals surface area contributed by atoms with Crippen LogP contribution in [0, 0.1) is 0 Å². The summed E-state index contributed by atoms with van der Waals surface area (Å²) in [7, 11) is 1.46. The molecule has 0 aliphatic carbocycles. The van der Waals surface area contributed by atoms with Crippen molar-refractivity contribution in [2.75, 3.05) is 6.73 Å². The number of aliphatic hydroxyl groups excluding tert-OH is 1. The van der Waals surface area contributed by atoms with Crippen molar-refractivity contribution >= 4 is 20.9 Å². The maximum atomic E-state index is 10.3. The van der Waals surface area contributed by atoms with Gasteiger partial charge in [0.05, 0.1) is 6.10 Å². The number of benzene rings is 2. The Kier molecular flexibility index (Phi) is 6.40. The molecular weight excluding hydrogens is 280 g/mol. The third kappa shape index (κ3) is 4.94. The Morgan fingerprint density at radius 3 is 2.29 bits per heavy atom. The minimum atomic E-state index is -0.624. The molecule has 21 heavy (non-hydrogen) atoms. The molecule has 0 radical (unpaired) electrons. The zero-order chi connectivity index (χ0) is 15.1. The van der Waals surface area contributed by atoms with E-state index in [4.69, 9.17) is 4.52 Å². The summed E-state index contributed by atoms with van der Waals surface area (Å²) in [5.41, 5.74) is 0.916. The van der Waals surface area contributed by atoms with E-state index in [0.717, 1.165) is 5.56 Å². The van der Waals surface area contributed by atoms with Crippen molar-refractivity contribution in [1.82, 2.24) is 5.32 Å². The second kappa shape index (κ2) is 8.30. The van der Waals surface area contributed by atoms with Crippen molar-refractivity contribution in [2.24, 2.45) is 0 Å². The van der Waals surface area contributed by atoms with Gasteiger partial charge in [-0.2, -0.15) is 0 Å². The van der Waals surface area contributed by atoms with Gasteiger partial charge in [-0.15, -0.1) is 0 Å². The Morgan fingerprint density at radius 2 is 1.67 bits per heavy atom. The van der Waals surface area contributed by atoms with Gasteiger partial charge < -0.3 is 9.63 Å². The summed E-state index contributed by atoms with van der Waals surface area (Å²) in [5, 5.41) is 14.7. The second-order valence-electron chi connectivity index (χ2n) is 4.95. The van der Waals surface area contributed by atoms with Gasteiger partial charge in [-0.1, -0.05) is 60.7 Å². The van der Waals surface area contributed by atoms with E-state index in [9.17, 15) is 5.11 Å². The number of rotatable bonds is 7. The predicted molar refractivity (Wildman–Crippen MR) is 91.5 cm³/mol. The molecule has 0 bridgehead atoms. The van der Waals surface area contributed by atoms with Crippen LogP contribution in [0.4, 0.5) is 0 Å². The summed E-state index contributed by atoms with van der Waals surface area (Å²) >= 11 is 0. The van der Waals surface area contributed by atoms with Gasteiger partial charge in [0.2, 0.25) is 0 Å². The number of aliphatic hydroxyl groups is 1. The summed E-state index contributed by atoms with van der Waals surface area (Å²) in [6.45, 7) is 2.39. The third-order valence-electron chi connectivity index (χ3n) is 3.40. The molecule has 5 heteroatoms. The van der Waals surface area contributed by atoms with Crippen LogP contribution in [0.5, 0.6) is 0 Å². The van der Waals surface area contributed by atoms with Crippen molar-refractivity contribution in [3.8, 4) is 0 Å². The van der Waals surface area contributed by atoms with E-state index in [1.54, 1.807) is 0 Å². The molecular formula is C16H21BNO2P. The Morgan fingerprint density at radius 1 is 1.10 bits per heavy atom. The fourth-order valence-corrected chi connectivity index (χ4v) is 3.04. The van der Waals surface area contributed by atoms with Gasteiger partial charge in [0.15, 0.2) is 7.57 Å². The summed E-state index contributed by atoms with van der Waals surface area (Å²) in [6, 6.07) is 19.8. The first-order valence-electron chi connectivity index (χ1n) is 7.06. The highest BCUT2D eigenvalue weighted by Crippen LogP contribution is 2.28. The molecule has 110 valence electrons.